The van der Waals surface area contributed by atoms with Gasteiger partial charge >= 0.3 is 0 Å². The second-order valence-electron chi connectivity index (χ2n) is 8.32. The normalized spacial score (nSPS) is 21.5. The summed E-state index contributed by atoms with van der Waals surface area (Å²) in [6, 6.07) is 14.3. The lowest BCUT2D eigenvalue weighted by Gasteiger charge is -2.35. The Kier molecular flexibility index (Phi) is 6.12. The lowest BCUT2D eigenvalue weighted by Crippen LogP contribution is -2.40. The van der Waals surface area contributed by atoms with Gasteiger partial charge in [-0.05, 0) is 42.5 Å². The minimum atomic E-state index is -0.608. The summed E-state index contributed by atoms with van der Waals surface area (Å²) in [6.07, 6.45) is 5.88. The number of aliphatic hydroxyl groups is 1. The van der Waals surface area contributed by atoms with Crippen molar-refractivity contribution >= 4 is 17.4 Å². The number of Topliss-reactive ketones (excluding diaryl/α,β-unsaturated/α-hetero) is 1. The molecule has 2 aromatic rings. The fourth-order valence-corrected chi connectivity index (χ4v) is 4.75. The fraction of sp³-hybridized carbons (Fsp3) is 0.385. The topological polar surface area (TPSA) is 66.8 Å². The van der Waals surface area contributed by atoms with E-state index in [-0.39, 0.29) is 17.4 Å². The highest BCUT2D eigenvalue weighted by molar-refractivity contribution is 6.46. The van der Waals surface area contributed by atoms with Crippen LogP contribution in [0.25, 0.3) is 5.76 Å². The average molecular weight is 420 g/mol. The van der Waals surface area contributed by atoms with Crippen LogP contribution in [0.4, 0.5) is 0 Å². The van der Waals surface area contributed by atoms with Crippen LogP contribution in [0.15, 0.2) is 54.1 Å². The van der Waals surface area contributed by atoms with Crippen LogP contribution in [0, 0.1) is 0 Å². The third kappa shape index (κ3) is 3.97. The first-order valence-corrected chi connectivity index (χ1v) is 11.1. The van der Waals surface area contributed by atoms with E-state index in [0.717, 1.165) is 49.7 Å². The van der Waals surface area contributed by atoms with Crippen molar-refractivity contribution in [2.24, 2.45) is 0 Å². The summed E-state index contributed by atoms with van der Waals surface area (Å²) in [5, 5.41) is 11.2. The van der Waals surface area contributed by atoms with Crippen LogP contribution in [0.3, 0.4) is 0 Å². The molecule has 1 heterocycles. The van der Waals surface area contributed by atoms with E-state index in [0.29, 0.717) is 11.3 Å². The molecule has 1 aliphatic carbocycles. The summed E-state index contributed by atoms with van der Waals surface area (Å²) in [5.74, 6) is -0.531. The molecule has 0 bridgehead atoms. The maximum Gasteiger partial charge on any atom is 0.295 e. The Bertz CT molecular complexity index is 985. The second kappa shape index (κ2) is 8.96. The molecule has 0 spiro atoms. The van der Waals surface area contributed by atoms with Crippen molar-refractivity contribution in [2.45, 2.75) is 57.5 Å². The number of nitrogens with zero attached hydrogens (tertiary/aromatic N) is 1. The number of methoxy groups -OCH3 is 1. The summed E-state index contributed by atoms with van der Waals surface area (Å²) in [6.45, 7) is 2.06. The van der Waals surface area contributed by atoms with Gasteiger partial charge in [-0.3, -0.25) is 9.59 Å². The molecule has 0 aromatic heterocycles. The van der Waals surface area contributed by atoms with Crippen LogP contribution in [0.2, 0.25) is 0 Å². The standard InChI is InChI=1S/C26H29NO4/c1-3-17-9-11-19(12-10-17)24(28)22-23(18-13-15-21(31-2)16-14-18)27(26(30)25(22)29)20-7-5-4-6-8-20/h9-16,20,23,28H,3-8H2,1-2H3/b24-22-. The second-order valence-corrected chi connectivity index (χ2v) is 8.32. The Labute approximate surface area is 183 Å². The summed E-state index contributed by atoms with van der Waals surface area (Å²) in [7, 11) is 1.60. The summed E-state index contributed by atoms with van der Waals surface area (Å²) in [5.41, 5.74) is 2.67. The first-order valence-electron chi connectivity index (χ1n) is 11.1. The van der Waals surface area contributed by atoms with Crippen molar-refractivity contribution in [1.82, 2.24) is 4.90 Å². The van der Waals surface area contributed by atoms with Gasteiger partial charge in [0.25, 0.3) is 11.7 Å². The van der Waals surface area contributed by atoms with E-state index in [2.05, 4.69) is 6.92 Å². The Morgan fingerprint density at radius 2 is 1.65 bits per heavy atom. The van der Waals surface area contributed by atoms with Crippen LogP contribution in [0.1, 0.15) is 61.8 Å². The lowest BCUT2D eigenvalue weighted by atomic mass is 9.91. The molecule has 1 atom stereocenters. The molecule has 162 valence electrons. The third-order valence-corrected chi connectivity index (χ3v) is 6.52. The van der Waals surface area contributed by atoms with E-state index < -0.39 is 17.7 Å². The van der Waals surface area contributed by atoms with E-state index in [9.17, 15) is 14.7 Å². The molecule has 5 nitrogen and oxygen atoms in total. The predicted molar refractivity (Wildman–Crippen MR) is 120 cm³/mol. The van der Waals surface area contributed by atoms with Gasteiger partial charge in [-0.25, -0.2) is 0 Å². The zero-order chi connectivity index (χ0) is 22.0. The van der Waals surface area contributed by atoms with Gasteiger partial charge in [0, 0.05) is 11.6 Å². The third-order valence-electron chi connectivity index (χ3n) is 6.52. The van der Waals surface area contributed by atoms with Crippen LogP contribution < -0.4 is 4.74 Å². The molecule has 0 radical (unpaired) electrons. The maximum atomic E-state index is 13.2. The van der Waals surface area contributed by atoms with E-state index in [4.69, 9.17) is 4.74 Å². The number of hydrogen-bond donors (Lipinski definition) is 1. The van der Waals surface area contributed by atoms with E-state index in [1.807, 2.05) is 48.5 Å². The Morgan fingerprint density at radius 1 is 1.00 bits per heavy atom. The molecule has 2 fully saturated rings. The number of rotatable bonds is 5. The molecule has 1 N–H and O–H groups in total. The highest BCUT2D eigenvalue weighted by atomic mass is 16.5. The van der Waals surface area contributed by atoms with E-state index >= 15 is 0 Å². The number of ketones is 1. The minimum Gasteiger partial charge on any atom is -0.507 e. The Morgan fingerprint density at radius 3 is 2.23 bits per heavy atom. The predicted octanol–water partition coefficient (Wildman–Crippen LogP) is 5.01. The smallest absolute Gasteiger partial charge is 0.295 e. The van der Waals surface area contributed by atoms with Crippen molar-refractivity contribution in [3.8, 4) is 5.75 Å². The molecule has 1 aliphatic heterocycles. The van der Waals surface area contributed by atoms with Crippen LogP contribution in [-0.4, -0.2) is 34.8 Å². The van der Waals surface area contributed by atoms with Gasteiger partial charge in [-0.2, -0.15) is 0 Å². The molecule has 5 heteroatoms. The van der Waals surface area contributed by atoms with E-state index in [1.165, 1.54) is 0 Å². The first-order chi connectivity index (χ1) is 15.0. The monoisotopic (exact) mass is 419 g/mol. The maximum absolute atomic E-state index is 13.2. The Hall–Kier alpha value is -3.08. The van der Waals surface area contributed by atoms with Gasteiger partial charge in [0.15, 0.2) is 0 Å². The number of carbonyl (C=O) groups is 2. The van der Waals surface area contributed by atoms with Crippen molar-refractivity contribution in [3.05, 3.63) is 70.8 Å². The molecule has 1 saturated carbocycles. The molecule has 4 rings (SSSR count). The molecule has 31 heavy (non-hydrogen) atoms. The van der Waals surface area contributed by atoms with Crippen LogP contribution in [-0.2, 0) is 16.0 Å². The summed E-state index contributed by atoms with van der Waals surface area (Å²) < 4.78 is 5.27. The number of benzene rings is 2. The van der Waals surface area contributed by atoms with Crippen molar-refractivity contribution < 1.29 is 19.4 Å². The molecule has 1 amide bonds. The highest BCUT2D eigenvalue weighted by Gasteiger charge is 2.48. The van der Waals surface area contributed by atoms with E-state index in [1.54, 1.807) is 12.0 Å². The summed E-state index contributed by atoms with van der Waals surface area (Å²) >= 11 is 0. The number of aliphatic hydroxyl groups excluding tert-OH is 1. The average Bonchev–Trinajstić information content (AvgIpc) is 3.09. The van der Waals surface area contributed by atoms with Gasteiger partial charge in [0.2, 0.25) is 0 Å². The minimum absolute atomic E-state index is 0.00469. The summed E-state index contributed by atoms with van der Waals surface area (Å²) in [4.78, 5) is 28.1. The molecule has 1 unspecified atom stereocenters. The molecule has 2 aromatic carbocycles. The SMILES string of the molecule is CCc1ccc(/C(O)=C2/C(=O)C(=O)N(C3CCCCC3)C2c2ccc(OC)cc2)cc1. The zero-order valence-corrected chi connectivity index (χ0v) is 18.1. The Balaban J connectivity index is 1.83. The quantitative estimate of drug-likeness (QED) is 0.420. The number of ether oxygens (including phenoxy) is 1. The van der Waals surface area contributed by atoms with Crippen LogP contribution in [0.5, 0.6) is 5.75 Å². The number of aryl methyl sites for hydroxylation is 1. The lowest BCUT2D eigenvalue weighted by molar-refractivity contribution is -0.141. The van der Waals surface area contributed by atoms with Gasteiger partial charge in [0.1, 0.15) is 11.5 Å². The number of carbonyl (C=O) groups excluding carboxylic acids is 2. The van der Waals surface area contributed by atoms with Gasteiger partial charge in [-0.15, -0.1) is 0 Å². The van der Waals surface area contributed by atoms with Gasteiger partial charge in [-0.1, -0.05) is 62.6 Å². The molecular formula is C26H29NO4. The fourth-order valence-electron chi connectivity index (χ4n) is 4.75. The largest absolute Gasteiger partial charge is 0.507 e. The van der Waals surface area contributed by atoms with Gasteiger partial charge in [0.05, 0.1) is 18.7 Å². The van der Waals surface area contributed by atoms with Crippen LogP contribution >= 0.6 is 0 Å². The molecule has 2 aliphatic rings. The number of amides is 1. The van der Waals surface area contributed by atoms with Crippen molar-refractivity contribution in [1.29, 1.82) is 0 Å². The number of likely N-dealkylation sites (tertiary alicyclic amines) is 1. The molecule has 1 saturated heterocycles. The van der Waals surface area contributed by atoms with Crippen molar-refractivity contribution in [3.63, 3.8) is 0 Å². The molecular weight excluding hydrogens is 390 g/mol. The van der Waals surface area contributed by atoms with Gasteiger partial charge < -0.3 is 14.7 Å². The highest BCUT2D eigenvalue weighted by Crippen LogP contribution is 2.43. The zero-order valence-electron chi connectivity index (χ0n) is 18.1. The van der Waals surface area contributed by atoms with Crippen molar-refractivity contribution in [2.75, 3.05) is 7.11 Å². The number of hydrogen-bond acceptors (Lipinski definition) is 4. The first kappa shape index (κ1) is 21.2.